The normalized spacial score (nSPS) is 18.8. The van der Waals surface area contributed by atoms with Crippen LogP contribution in [0.15, 0.2) is 18.2 Å². The molecule has 1 saturated heterocycles. The van der Waals surface area contributed by atoms with Crippen molar-refractivity contribution in [1.82, 2.24) is 4.90 Å². The van der Waals surface area contributed by atoms with Gasteiger partial charge in [0, 0.05) is 19.6 Å². The number of nitrogens with two attached hydrogens (primary N) is 1. The Labute approximate surface area is 118 Å². The van der Waals surface area contributed by atoms with Gasteiger partial charge >= 0.3 is 0 Å². The zero-order valence-electron chi connectivity index (χ0n) is 11.8. The van der Waals surface area contributed by atoms with Crippen LogP contribution >= 0.6 is 0 Å². The fourth-order valence-electron chi connectivity index (χ4n) is 2.27. The smallest absolute Gasteiger partial charge is 0.257 e. The van der Waals surface area contributed by atoms with Crippen molar-refractivity contribution in [2.45, 2.75) is 6.10 Å². The molecule has 1 amide bonds. The second-order valence-electron chi connectivity index (χ2n) is 4.52. The van der Waals surface area contributed by atoms with Gasteiger partial charge in [0.2, 0.25) is 0 Å². The summed E-state index contributed by atoms with van der Waals surface area (Å²) in [5, 5.41) is 0. The Balaban J connectivity index is 2.24. The van der Waals surface area contributed by atoms with Crippen LogP contribution in [0, 0.1) is 0 Å². The Bertz CT molecular complexity index is 478. The number of carbonyl (C=O) groups excluding carboxylic acids is 1. The molecule has 20 heavy (non-hydrogen) atoms. The molecule has 1 aromatic rings. The summed E-state index contributed by atoms with van der Waals surface area (Å²) in [4.78, 5) is 14.3. The van der Waals surface area contributed by atoms with Gasteiger partial charge in [0.15, 0.2) is 11.5 Å². The molecule has 1 heterocycles. The first kappa shape index (κ1) is 14.6. The summed E-state index contributed by atoms with van der Waals surface area (Å²) < 4.78 is 16.0. The molecule has 0 spiro atoms. The van der Waals surface area contributed by atoms with Crippen LogP contribution < -0.4 is 15.2 Å². The van der Waals surface area contributed by atoms with Gasteiger partial charge < -0.3 is 24.8 Å². The monoisotopic (exact) mass is 280 g/mol. The van der Waals surface area contributed by atoms with Gasteiger partial charge in [-0.15, -0.1) is 0 Å². The molecular formula is C14H20N2O4. The molecule has 1 aromatic carbocycles. The van der Waals surface area contributed by atoms with E-state index in [4.69, 9.17) is 19.9 Å². The lowest BCUT2D eigenvalue weighted by atomic mass is 10.1. The Morgan fingerprint density at radius 1 is 1.45 bits per heavy atom. The van der Waals surface area contributed by atoms with Crippen LogP contribution in [0.2, 0.25) is 0 Å². The van der Waals surface area contributed by atoms with Crippen LogP contribution in [-0.4, -0.2) is 57.4 Å². The molecule has 0 saturated carbocycles. The summed E-state index contributed by atoms with van der Waals surface area (Å²) in [7, 11) is 3.07. The summed E-state index contributed by atoms with van der Waals surface area (Å²) in [5.41, 5.74) is 6.09. The molecule has 1 fully saturated rings. The maximum atomic E-state index is 12.6. The summed E-state index contributed by atoms with van der Waals surface area (Å²) in [6.07, 6.45) is -0.107. The number of methoxy groups -OCH3 is 2. The van der Waals surface area contributed by atoms with Crippen LogP contribution in [0.25, 0.3) is 0 Å². The molecule has 2 N–H and O–H groups in total. The fourth-order valence-corrected chi connectivity index (χ4v) is 2.27. The van der Waals surface area contributed by atoms with Crippen molar-refractivity contribution in [3.63, 3.8) is 0 Å². The van der Waals surface area contributed by atoms with E-state index in [1.54, 1.807) is 30.2 Å². The highest BCUT2D eigenvalue weighted by Crippen LogP contribution is 2.31. The highest BCUT2D eigenvalue weighted by Gasteiger charge is 2.27. The number of para-hydroxylation sites is 1. The second-order valence-corrected chi connectivity index (χ2v) is 4.52. The minimum Gasteiger partial charge on any atom is -0.493 e. The molecule has 0 aliphatic carbocycles. The van der Waals surface area contributed by atoms with Gasteiger partial charge in [0.05, 0.1) is 32.5 Å². The third-order valence-electron chi connectivity index (χ3n) is 3.32. The molecule has 110 valence electrons. The maximum Gasteiger partial charge on any atom is 0.257 e. The molecule has 0 bridgehead atoms. The highest BCUT2D eigenvalue weighted by atomic mass is 16.5. The largest absolute Gasteiger partial charge is 0.493 e. The quantitative estimate of drug-likeness (QED) is 0.869. The van der Waals surface area contributed by atoms with Crippen LogP contribution in [-0.2, 0) is 4.74 Å². The van der Waals surface area contributed by atoms with Crippen molar-refractivity contribution in [2.24, 2.45) is 5.73 Å². The molecule has 6 nitrogen and oxygen atoms in total. The highest BCUT2D eigenvalue weighted by molar-refractivity contribution is 5.97. The molecule has 0 aromatic heterocycles. The minimum atomic E-state index is -0.107. The first-order valence-corrected chi connectivity index (χ1v) is 6.53. The van der Waals surface area contributed by atoms with E-state index in [9.17, 15) is 4.79 Å². The molecule has 0 unspecified atom stereocenters. The average molecular weight is 280 g/mol. The Hall–Kier alpha value is -1.79. The zero-order valence-corrected chi connectivity index (χ0v) is 11.8. The van der Waals surface area contributed by atoms with E-state index in [0.29, 0.717) is 43.3 Å². The molecular weight excluding hydrogens is 260 g/mol. The number of nitrogens with zero attached hydrogens (tertiary/aromatic N) is 1. The topological polar surface area (TPSA) is 74.0 Å². The average Bonchev–Trinajstić information content (AvgIpc) is 2.53. The molecule has 0 radical (unpaired) electrons. The molecule has 2 rings (SSSR count). The Kier molecular flexibility index (Phi) is 4.81. The van der Waals surface area contributed by atoms with Gasteiger partial charge in [-0.25, -0.2) is 0 Å². The summed E-state index contributed by atoms with van der Waals surface area (Å²) >= 11 is 0. The number of hydrogen-bond donors (Lipinski definition) is 1. The van der Waals surface area contributed by atoms with Gasteiger partial charge in [-0.3, -0.25) is 4.79 Å². The van der Waals surface area contributed by atoms with Crippen LogP contribution in [0.4, 0.5) is 0 Å². The number of rotatable bonds is 4. The Morgan fingerprint density at radius 3 is 2.90 bits per heavy atom. The standard InChI is InChI=1S/C14H20N2O4/c1-18-12-5-3-4-11(13(12)19-2)14(17)16-6-7-20-10(8-15)9-16/h3-5,10H,6-9,15H2,1-2H3/t10-/m1/s1. The van der Waals surface area contributed by atoms with Crippen molar-refractivity contribution in [1.29, 1.82) is 0 Å². The van der Waals surface area contributed by atoms with E-state index in [0.717, 1.165) is 0 Å². The number of hydrogen-bond acceptors (Lipinski definition) is 5. The van der Waals surface area contributed by atoms with E-state index < -0.39 is 0 Å². The van der Waals surface area contributed by atoms with Crippen molar-refractivity contribution >= 4 is 5.91 Å². The van der Waals surface area contributed by atoms with Crippen LogP contribution in [0.5, 0.6) is 11.5 Å². The first-order chi connectivity index (χ1) is 9.71. The van der Waals surface area contributed by atoms with Gasteiger partial charge in [0.25, 0.3) is 5.91 Å². The van der Waals surface area contributed by atoms with Gasteiger partial charge in [-0.05, 0) is 12.1 Å². The minimum absolute atomic E-state index is 0.0949. The third kappa shape index (κ3) is 2.86. The maximum absolute atomic E-state index is 12.6. The molecule has 1 aliphatic heterocycles. The lowest BCUT2D eigenvalue weighted by Gasteiger charge is -2.32. The number of benzene rings is 1. The van der Waals surface area contributed by atoms with E-state index in [2.05, 4.69) is 0 Å². The van der Waals surface area contributed by atoms with Gasteiger partial charge in [0.1, 0.15) is 0 Å². The van der Waals surface area contributed by atoms with Crippen molar-refractivity contribution in [3.05, 3.63) is 23.8 Å². The molecule has 1 aliphatic rings. The predicted octanol–water partition coefficient (Wildman–Crippen LogP) is 0.503. The lowest BCUT2D eigenvalue weighted by molar-refractivity contribution is -0.0168. The second kappa shape index (κ2) is 6.58. The summed E-state index contributed by atoms with van der Waals surface area (Å²) in [5.74, 6) is 0.903. The van der Waals surface area contributed by atoms with Crippen LogP contribution in [0.3, 0.4) is 0 Å². The zero-order chi connectivity index (χ0) is 14.5. The van der Waals surface area contributed by atoms with Crippen molar-refractivity contribution < 1.29 is 19.0 Å². The SMILES string of the molecule is COc1cccc(C(=O)N2CCO[C@H](CN)C2)c1OC. The Morgan fingerprint density at radius 2 is 2.25 bits per heavy atom. The number of carbonyl (C=O) groups is 1. The van der Waals surface area contributed by atoms with E-state index in [1.807, 2.05) is 0 Å². The van der Waals surface area contributed by atoms with Crippen LogP contribution in [0.1, 0.15) is 10.4 Å². The van der Waals surface area contributed by atoms with Crippen molar-refractivity contribution in [2.75, 3.05) is 40.5 Å². The summed E-state index contributed by atoms with van der Waals surface area (Å²) in [6, 6.07) is 5.27. The van der Waals surface area contributed by atoms with Gasteiger partial charge in [-0.1, -0.05) is 6.07 Å². The fraction of sp³-hybridized carbons (Fsp3) is 0.500. The predicted molar refractivity (Wildman–Crippen MR) is 74.2 cm³/mol. The third-order valence-corrected chi connectivity index (χ3v) is 3.32. The summed E-state index contributed by atoms with van der Waals surface area (Å²) in [6.45, 7) is 1.95. The van der Waals surface area contributed by atoms with Crippen molar-refractivity contribution in [3.8, 4) is 11.5 Å². The lowest BCUT2D eigenvalue weighted by Crippen LogP contribution is -2.48. The van der Waals surface area contributed by atoms with E-state index >= 15 is 0 Å². The number of amides is 1. The van der Waals surface area contributed by atoms with E-state index in [1.165, 1.54) is 7.11 Å². The van der Waals surface area contributed by atoms with E-state index in [-0.39, 0.29) is 12.0 Å². The van der Waals surface area contributed by atoms with Gasteiger partial charge in [-0.2, -0.15) is 0 Å². The first-order valence-electron chi connectivity index (χ1n) is 6.53. The number of ether oxygens (including phenoxy) is 3. The number of morpholine rings is 1. The molecule has 1 atom stereocenters. The molecule has 6 heteroatoms.